The molecule has 0 spiro atoms. The highest BCUT2D eigenvalue weighted by Gasteiger charge is 2.23. The number of fused-ring (bicyclic) bond motifs is 1. The molecular weight excluding hydrogens is 452 g/mol. The summed E-state index contributed by atoms with van der Waals surface area (Å²) >= 11 is 0.831. The van der Waals surface area contributed by atoms with Crippen LogP contribution in [0, 0.1) is 17.0 Å². The lowest BCUT2D eigenvalue weighted by atomic mass is 10.1. The molecule has 0 unspecified atom stereocenters. The third kappa shape index (κ3) is 4.41. The Hall–Kier alpha value is -3.66. The topological polar surface area (TPSA) is 116 Å². The van der Waals surface area contributed by atoms with E-state index in [4.69, 9.17) is 4.98 Å². The Morgan fingerprint density at radius 1 is 1.09 bits per heavy atom. The summed E-state index contributed by atoms with van der Waals surface area (Å²) in [6, 6.07) is 10.9. The first-order chi connectivity index (χ1) is 16.5. The predicted molar refractivity (Wildman–Crippen MR) is 131 cm³/mol. The SMILES string of the molecule is Cc1ccc(-c2nc(NC(=O)c3ccc([N+](=O)[O-])s3)c3cnn(C4CCCCCC4)c3n2)cc1. The zero-order valence-corrected chi connectivity index (χ0v) is 19.5. The van der Waals surface area contributed by atoms with Gasteiger partial charge in [0.2, 0.25) is 0 Å². The van der Waals surface area contributed by atoms with E-state index in [2.05, 4.69) is 15.4 Å². The van der Waals surface area contributed by atoms with Crippen LogP contribution in [0.1, 0.15) is 59.8 Å². The average molecular weight is 477 g/mol. The number of carbonyl (C=O) groups excluding carboxylic acids is 1. The zero-order valence-electron chi connectivity index (χ0n) is 18.7. The van der Waals surface area contributed by atoms with Crippen LogP contribution in [0.5, 0.6) is 0 Å². The maximum Gasteiger partial charge on any atom is 0.324 e. The van der Waals surface area contributed by atoms with Crippen LogP contribution in [0.25, 0.3) is 22.4 Å². The molecule has 174 valence electrons. The first-order valence-electron chi connectivity index (χ1n) is 11.4. The summed E-state index contributed by atoms with van der Waals surface area (Å²) in [4.78, 5) is 33.2. The molecule has 1 fully saturated rings. The second kappa shape index (κ2) is 9.30. The predicted octanol–water partition coefficient (Wildman–Crippen LogP) is 5.92. The number of hydrogen-bond acceptors (Lipinski definition) is 7. The Kier molecular flexibility index (Phi) is 6.06. The van der Waals surface area contributed by atoms with Gasteiger partial charge in [-0.05, 0) is 25.8 Å². The first-order valence-corrected chi connectivity index (χ1v) is 12.2. The van der Waals surface area contributed by atoms with Gasteiger partial charge in [-0.1, -0.05) is 66.8 Å². The fraction of sp³-hybridized carbons (Fsp3) is 0.333. The molecular formula is C24H24N6O3S. The minimum atomic E-state index is -0.503. The number of amides is 1. The van der Waals surface area contributed by atoms with E-state index in [1.165, 1.54) is 25.0 Å². The highest BCUT2D eigenvalue weighted by molar-refractivity contribution is 7.17. The minimum Gasteiger partial charge on any atom is -0.305 e. The van der Waals surface area contributed by atoms with Gasteiger partial charge in [0.25, 0.3) is 5.91 Å². The highest BCUT2D eigenvalue weighted by Crippen LogP contribution is 2.32. The molecule has 3 heterocycles. The second-order valence-electron chi connectivity index (χ2n) is 8.58. The highest BCUT2D eigenvalue weighted by atomic mass is 32.1. The van der Waals surface area contributed by atoms with Crippen LogP contribution in [0.4, 0.5) is 10.8 Å². The molecule has 1 aliphatic rings. The van der Waals surface area contributed by atoms with Gasteiger partial charge in [0.05, 0.1) is 27.4 Å². The number of anilines is 1. The van der Waals surface area contributed by atoms with Crippen LogP contribution in [0.15, 0.2) is 42.6 Å². The second-order valence-corrected chi connectivity index (χ2v) is 9.64. The van der Waals surface area contributed by atoms with Crippen molar-refractivity contribution in [2.45, 2.75) is 51.5 Å². The molecule has 1 amide bonds. The van der Waals surface area contributed by atoms with E-state index in [1.54, 1.807) is 6.20 Å². The Balaban J connectivity index is 1.58. The van der Waals surface area contributed by atoms with Crippen LogP contribution >= 0.6 is 11.3 Å². The molecule has 3 aromatic heterocycles. The number of rotatable bonds is 5. The number of nitro groups is 1. The van der Waals surface area contributed by atoms with Crippen LogP contribution in [0.3, 0.4) is 0 Å². The fourth-order valence-corrected chi connectivity index (χ4v) is 5.06. The van der Waals surface area contributed by atoms with Crippen molar-refractivity contribution in [2.75, 3.05) is 5.32 Å². The Bertz CT molecular complexity index is 1350. The van der Waals surface area contributed by atoms with Crippen molar-refractivity contribution in [1.29, 1.82) is 0 Å². The summed E-state index contributed by atoms with van der Waals surface area (Å²) in [6.45, 7) is 2.01. The smallest absolute Gasteiger partial charge is 0.305 e. The summed E-state index contributed by atoms with van der Waals surface area (Å²) < 4.78 is 1.98. The lowest BCUT2D eigenvalue weighted by Gasteiger charge is -2.16. The Morgan fingerprint density at radius 3 is 2.50 bits per heavy atom. The van der Waals surface area contributed by atoms with E-state index >= 15 is 0 Å². The normalized spacial score (nSPS) is 14.7. The maximum absolute atomic E-state index is 12.9. The lowest BCUT2D eigenvalue weighted by Crippen LogP contribution is -2.14. The van der Waals surface area contributed by atoms with Crippen molar-refractivity contribution in [2.24, 2.45) is 0 Å². The van der Waals surface area contributed by atoms with Crippen LogP contribution in [-0.2, 0) is 0 Å². The largest absolute Gasteiger partial charge is 0.324 e. The lowest BCUT2D eigenvalue weighted by molar-refractivity contribution is -0.380. The molecule has 0 aliphatic heterocycles. The van der Waals surface area contributed by atoms with Gasteiger partial charge in [0, 0.05) is 11.6 Å². The molecule has 4 aromatic rings. The molecule has 0 radical (unpaired) electrons. The van der Waals surface area contributed by atoms with Gasteiger partial charge in [0.1, 0.15) is 5.82 Å². The van der Waals surface area contributed by atoms with Crippen molar-refractivity contribution in [3.8, 4) is 11.4 Å². The number of nitrogens with one attached hydrogen (secondary N) is 1. The molecule has 9 nitrogen and oxygen atoms in total. The average Bonchev–Trinajstić information content (AvgIpc) is 3.41. The van der Waals surface area contributed by atoms with Crippen molar-refractivity contribution >= 4 is 39.1 Å². The summed E-state index contributed by atoms with van der Waals surface area (Å²) in [6.07, 6.45) is 8.56. The molecule has 0 saturated heterocycles. The standard InChI is InChI=1S/C24H24N6O3S/c1-15-8-10-16(11-9-15)21-26-22(28-24(31)19-12-13-20(34-19)30(32)33)18-14-25-29(23(18)27-21)17-6-4-2-3-5-7-17/h8-14,17H,2-7H2,1H3,(H,26,27,28,31). The molecule has 5 rings (SSSR count). The summed E-state index contributed by atoms with van der Waals surface area (Å²) in [5, 5.41) is 19.1. The molecule has 34 heavy (non-hydrogen) atoms. The van der Waals surface area contributed by atoms with Gasteiger partial charge < -0.3 is 5.32 Å². The zero-order chi connectivity index (χ0) is 23.7. The van der Waals surface area contributed by atoms with Crippen molar-refractivity contribution < 1.29 is 9.72 Å². The first kappa shape index (κ1) is 22.1. The number of benzene rings is 1. The van der Waals surface area contributed by atoms with Gasteiger partial charge >= 0.3 is 5.00 Å². The summed E-state index contributed by atoms with van der Waals surface area (Å²) in [5.41, 5.74) is 2.65. The third-order valence-corrected chi connectivity index (χ3v) is 7.20. The monoisotopic (exact) mass is 476 g/mol. The fourth-order valence-electron chi connectivity index (χ4n) is 4.34. The Morgan fingerprint density at radius 2 is 1.82 bits per heavy atom. The number of nitrogens with zero attached hydrogens (tertiary/aromatic N) is 5. The molecule has 0 bridgehead atoms. The van der Waals surface area contributed by atoms with E-state index in [0.717, 1.165) is 48.1 Å². The number of aryl methyl sites for hydroxylation is 1. The van der Waals surface area contributed by atoms with Gasteiger partial charge in [-0.25, -0.2) is 14.6 Å². The van der Waals surface area contributed by atoms with Gasteiger partial charge in [-0.15, -0.1) is 0 Å². The molecule has 1 aliphatic carbocycles. The molecule has 0 atom stereocenters. The quantitative estimate of drug-likeness (QED) is 0.217. The van der Waals surface area contributed by atoms with E-state index in [1.807, 2.05) is 35.9 Å². The van der Waals surface area contributed by atoms with E-state index in [9.17, 15) is 14.9 Å². The number of thiophene rings is 1. The summed E-state index contributed by atoms with van der Waals surface area (Å²) in [7, 11) is 0. The van der Waals surface area contributed by atoms with Gasteiger partial charge in [-0.2, -0.15) is 5.10 Å². The van der Waals surface area contributed by atoms with Gasteiger partial charge in [0.15, 0.2) is 11.5 Å². The third-order valence-electron chi connectivity index (χ3n) is 6.16. The molecule has 1 aromatic carbocycles. The molecule has 1 N–H and O–H groups in total. The van der Waals surface area contributed by atoms with E-state index in [-0.39, 0.29) is 15.9 Å². The number of hydrogen-bond donors (Lipinski definition) is 1. The number of carbonyl (C=O) groups is 1. The van der Waals surface area contributed by atoms with Crippen molar-refractivity contribution in [3.63, 3.8) is 0 Å². The van der Waals surface area contributed by atoms with Crippen LogP contribution in [-0.4, -0.2) is 30.6 Å². The van der Waals surface area contributed by atoms with E-state index in [0.29, 0.717) is 22.7 Å². The summed E-state index contributed by atoms with van der Waals surface area (Å²) in [5.74, 6) is 0.395. The van der Waals surface area contributed by atoms with Crippen molar-refractivity contribution in [3.05, 3.63) is 63.1 Å². The minimum absolute atomic E-state index is 0.0838. The molecule has 1 saturated carbocycles. The van der Waals surface area contributed by atoms with E-state index < -0.39 is 10.8 Å². The number of aromatic nitrogens is 4. The Labute approximate surface area is 200 Å². The van der Waals surface area contributed by atoms with Gasteiger partial charge in [-0.3, -0.25) is 14.9 Å². The van der Waals surface area contributed by atoms with Crippen LogP contribution in [0.2, 0.25) is 0 Å². The molecule has 10 heteroatoms. The van der Waals surface area contributed by atoms with Crippen LogP contribution < -0.4 is 5.32 Å². The van der Waals surface area contributed by atoms with Crippen molar-refractivity contribution in [1.82, 2.24) is 19.7 Å². The maximum atomic E-state index is 12.9.